The van der Waals surface area contributed by atoms with Crippen LogP contribution >= 0.6 is 0 Å². The summed E-state index contributed by atoms with van der Waals surface area (Å²) < 4.78 is 26.5. The first-order chi connectivity index (χ1) is 9.53. The monoisotopic (exact) mass is 305 g/mol. The lowest BCUT2D eigenvalue weighted by molar-refractivity contribution is 0.288. The Morgan fingerprint density at radius 2 is 1.90 bits per heavy atom. The van der Waals surface area contributed by atoms with Gasteiger partial charge in [-0.2, -0.15) is 0 Å². The maximum Gasteiger partial charge on any atom is 0.211 e. The van der Waals surface area contributed by atoms with Gasteiger partial charge in [0.1, 0.15) is 0 Å². The van der Waals surface area contributed by atoms with Crippen LogP contribution in [0, 0.1) is 5.92 Å². The van der Waals surface area contributed by atoms with Crippen LogP contribution in [-0.4, -0.2) is 58.3 Å². The van der Waals surface area contributed by atoms with Gasteiger partial charge >= 0.3 is 0 Å². The van der Waals surface area contributed by atoms with Crippen LogP contribution in [0.2, 0.25) is 0 Å². The molecule has 0 saturated carbocycles. The summed E-state index contributed by atoms with van der Waals surface area (Å²) >= 11 is 0. The molecule has 0 aliphatic carbocycles. The molecule has 0 amide bonds. The first-order valence-corrected chi connectivity index (χ1v) is 9.59. The molecular formula is C14H31N3O2S. The van der Waals surface area contributed by atoms with Crippen molar-refractivity contribution in [2.45, 2.75) is 39.5 Å². The third kappa shape index (κ3) is 8.19. The quantitative estimate of drug-likeness (QED) is 0.560. The fraction of sp³-hybridized carbons (Fsp3) is 1.00. The summed E-state index contributed by atoms with van der Waals surface area (Å²) in [5.41, 5.74) is 0. The molecule has 1 saturated heterocycles. The van der Waals surface area contributed by atoms with Crippen LogP contribution in [0.15, 0.2) is 0 Å². The molecule has 0 spiro atoms. The van der Waals surface area contributed by atoms with E-state index in [0.717, 1.165) is 32.5 Å². The van der Waals surface area contributed by atoms with Crippen molar-refractivity contribution in [2.75, 3.05) is 45.0 Å². The highest BCUT2D eigenvalue weighted by molar-refractivity contribution is 7.89. The Labute approximate surface area is 124 Å². The first kappa shape index (κ1) is 17.9. The zero-order chi connectivity index (χ0) is 14.8. The number of unbranched alkanes of at least 4 members (excludes halogenated alkanes) is 1. The van der Waals surface area contributed by atoms with Gasteiger partial charge in [-0.1, -0.05) is 13.8 Å². The van der Waals surface area contributed by atoms with E-state index in [0.29, 0.717) is 12.5 Å². The van der Waals surface area contributed by atoms with E-state index in [-0.39, 0.29) is 5.75 Å². The SMILES string of the molecule is CCNCCCCS(=O)(=O)NCC(C)CN1CCCC1. The average molecular weight is 305 g/mol. The predicted octanol–water partition coefficient (Wildman–Crippen LogP) is 1.03. The van der Waals surface area contributed by atoms with Crippen molar-refractivity contribution < 1.29 is 8.42 Å². The van der Waals surface area contributed by atoms with Crippen LogP contribution in [0.4, 0.5) is 0 Å². The standard InChI is InChI=1S/C14H31N3O2S/c1-3-15-8-4-7-11-20(18,19)16-12-14(2)13-17-9-5-6-10-17/h14-16H,3-13H2,1-2H3. The molecule has 6 heteroatoms. The Kier molecular flexibility index (Phi) is 8.68. The molecule has 120 valence electrons. The number of sulfonamides is 1. The molecule has 1 rings (SSSR count). The molecule has 0 bridgehead atoms. The van der Waals surface area contributed by atoms with E-state index in [9.17, 15) is 8.42 Å². The van der Waals surface area contributed by atoms with Crippen molar-refractivity contribution in [2.24, 2.45) is 5.92 Å². The van der Waals surface area contributed by atoms with Gasteiger partial charge < -0.3 is 10.2 Å². The summed E-state index contributed by atoms with van der Waals surface area (Å²) in [7, 11) is -3.09. The van der Waals surface area contributed by atoms with Crippen molar-refractivity contribution in [3.05, 3.63) is 0 Å². The minimum absolute atomic E-state index is 0.245. The molecule has 0 aromatic carbocycles. The Hall–Kier alpha value is -0.170. The number of nitrogens with zero attached hydrogens (tertiary/aromatic N) is 1. The Morgan fingerprint density at radius 1 is 1.20 bits per heavy atom. The van der Waals surface area contributed by atoms with Crippen molar-refractivity contribution in [3.8, 4) is 0 Å². The summed E-state index contributed by atoms with van der Waals surface area (Å²) in [5, 5.41) is 3.20. The van der Waals surface area contributed by atoms with Crippen LogP contribution in [0.1, 0.15) is 39.5 Å². The zero-order valence-electron chi connectivity index (χ0n) is 13.0. The van der Waals surface area contributed by atoms with Gasteiger partial charge in [-0.15, -0.1) is 0 Å². The largest absolute Gasteiger partial charge is 0.317 e. The van der Waals surface area contributed by atoms with E-state index in [1.807, 2.05) is 0 Å². The van der Waals surface area contributed by atoms with Crippen molar-refractivity contribution in [3.63, 3.8) is 0 Å². The molecule has 0 aromatic rings. The molecule has 1 fully saturated rings. The van der Waals surface area contributed by atoms with Gasteiger partial charge in [-0.3, -0.25) is 0 Å². The summed E-state index contributed by atoms with van der Waals surface area (Å²) in [6.45, 7) is 9.92. The van der Waals surface area contributed by atoms with Gasteiger partial charge in [0.25, 0.3) is 0 Å². The maximum atomic E-state index is 11.9. The Balaban J connectivity index is 2.11. The fourth-order valence-corrected chi connectivity index (χ4v) is 3.80. The fourth-order valence-electron chi connectivity index (χ4n) is 2.53. The van der Waals surface area contributed by atoms with Gasteiger partial charge in [-0.05, 0) is 57.8 Å². The van der Waals surface area contributed by atoms with Crippen molar-refractivity contribution in [1.82, 2.24) is 14.9 Å². The lowest BCUT2D eigenvalue weighted by Gasteiger charge is -2.20. The second kappa shape index (κ2) is 9.71. The van der Waals surface area contributed by atoms with E-state index in [1.165, 1.54) is 25.9 Å². The van der Waals surface area contributed by atoms with Crippen molar-refractivity contribution >= 4 is 10.0 Å². The second-order valence-electron chi connectivity index (χ2n) is 5.84. The number of nitrogens with one attached hydrogen (secondary N) is 2. The third-order valence-corrected chi connectivity index (χ3v) is 5.12. The number of hydrogen-bond acceptors (Lipinski definition) is 4. The molecule has 1 aliphatic rings. The maximum absolute atomic E-state index is 11.9. The van der Waals surface area contributed by atoms with E-state index in [1.54, 1.807) is 0 Å². The van der Waals surface area contributed by atoms with E-state index < -0.39 is 10.0 Å². The summed E-state index contributed by atoms with van der Waals surface area (Å²) in [6, 6.07) is 0. The highest BCUT2D eigenvalue weighted by atomic mass is 32.2. The molecule has 1 heterocycles. The summed E-state index contributed by atoms with van der Waals surface area (Å²) in [5.74, 6) is 0.624. The van der Waals surface area contributed by atoms with Gasteiger partial charge in [0, 0.05) is 13.1 Å². The van der Waals surface area contributed by atoms with Crippen LogP contribution in [-0.2, 0) is 10.0 Å². The molecule has 5 nitrogen and oxygen atoms in total. The molecule has 1 unspecified atom stereocenters. The van der Waals surface area contributed by atoms with Gasteiger partial charge in [-0.25, -0.2) is 13.1 Å². The van der Waals surface area contributed by atoms with E-state index in [2.05, 4.69) is 28.8 Å². The number of rotatable bonds is 11. The van der Waals surface area contributed by atoms with Crippen molar-refractivity contribution in [1.29, 1.82) is 0 Å². The van der Waals surface area contributed by atoms with E-state index in [4.69, 9.17) is 0 Å². The lowest BCUT2D eigenvalue weighted by atomic mass is 10.2. The number of hydrogen-bond donors (Lipinski definition) is 2. The highest BCUT2D eigenvalue weighted by Crippen LogP contribution is 2.10. The summed E-state index contributed by atoms with van der Waals surface area (Å²) in [6.07, 6.45) is 4.20. The minimum atomic E-state index is -3.09. The van der Waals surface area contributed by atoms with Crippen LogP contribution in [0.3, 0.4) is 0 Å². The lowest BCUT2D eigenvalue weighted by Crippen LogP contribution is -2.35. The topological polar surface area (TPSA) is 61.4 Å². The smallest absolute Gasteiger partial charge is 0.211 e. The molecule has 1 atom stereocenters. The molecule has 0 radical (unpaired) electrons. The average Bonchev–Trinajstić information content (AvgIpc) is 2.89. The first-order valence-electron chi connectivity index (χ1n) is 7.94. The van der Waals surface area contributed by atoms with Crippen LogP contribution < -0.4 is 10.0 Å². The van der Waals surface area contributed by atoms with Gasteiger partial charge in [0.15, 0.2) is 0 Å². The van der Waals surface area contributed by atoms with Gasteiger partial charge in [0.2, 0.25) is 10.0 Å². The van der Waals surface area contributed by atoms with E-state index >= 15 is 0 Å². The molecule has 0 aromatic heterocycles. The zero-order valence-corrected chi connectivity index (χ0v) is 13.8. The Bertz CT molecular complexity index is 340. The van der Waals surface area contributed by atoms with Crippen LogP contribution in [0.25, 0.3) is 0 Å². The van der Waals surface area contributed by atoms with Crippen LogP contribution in [0.5, 0.6) is 0 Å². The third-order valence-electron chi connectivity index (χ3n) is 3.69. The Morgan fingerprint density at radius 3 is 2.55 bits per heavy atom. The molecule has 1 aliphatic heterocycles. The number of likely N-dealkylation sites (tertiary alicyclic amines) is 1. The molecule has 20 heavy (non-hydrogen) atoms. The molecular weight excluding hydrogens is 274 g/mol. The van der Waals surface area contributed by atoms with Gasteiger partial charge in [0.05, 0.1) is 5.75 Å². The highest BCUT2D eigenvalue weighted by Gasteiger charge is 2.16. The second-order valence-corrected chi connectivity index (χ2v) is 7.77. The summed E-state index contributed by atoms with van der Waals surface area (Å²) in [4.78, 5) is 2.43. The molecule has 2 N–H and O–H groups in total. The minimum Gasteiger partial charge on any atom is -0.317 e. The normalized spacial score (nSPS) is 18.5. The predicted molar refractivity (Wildman–Crippen MR) is 84.4 cm³/mol.